The highest BCUT2D eigenvalue weighted by Crippen LogP contribution is 2.02. The average Bonchev–Trinajstić information content (AvgIpc) is 2.03. The number of nitrogens with one attached hydrogen (secondary N) is 1. The Bertz CT molecular complexity index is 58.6. The highest BCUT2D eigenvalue weighted by molar-refractivity contribution is 7.99. The van der Waals surface area contributed by atoms with Crippen molar-refractivity contribution in [3.8, 4) is 0 Å². The van der Waals surface area contributed by atoms with E-state index in [4.69, 9.17) is 0 Å². The van der Waals surface area contributed by atoms with E-state index >= 15 is 0 Å². The van der Waals surface area contributed by atoms with Crippen LogP contribution in [0.2, 0.25) is 0 Å². The molecule has 0 fully saturated rings. The summed E-state index contributed by atoms with van der Waals surface area (Å²) in [5.41, 5.74) is 0. The number of hydrogen-bond donors (Lipinski definition) is 1. The van der Waals surface area contributed by atoms with Crippen LogP contribution in [0.4, 0.5) is 0 Å². The number of thioether (sulfide) groups is 1. The maximum atomic E-state index is 3.40. The van der Waals surface area contributed by atoms with Crippen LogP contribution < -0.4 is 5.32 Å². The zero-order valence-corrected chi connectivity index (χ0v) is 8.67. The van der Waals surface area contributed by atoms with Gasteiger partial charge in [0.25, 0.3) is 0 Å². The first-order chi connectivity index (χ1) is 5.41. The van der Waals surface area contributed by atoms with E-state index in [1.165, 1.54) is 43.9 Å². The van der Waals surface area contributed by atoms with E-state index in [0.29, 0.717) is 0 Å². The lowest BCUT2D eigenvalue weighted by Crippen LogP contribution is -2.16. The van der Waals surface area contributed by atoms with Crippen LogP contribution >= 0.6 is 11.8 Å². The van der Waals surface area contributed by atoms with E-state index in [1.54, 1.807) is 0 Å². The van der Waals surface area contributed by atoms with E-state index in [1.807, 2.05) is 0 Å². The fourth-order valence-corrected chi connectivity index (χ4v) is 1.69. The van der Waals surface area contributed by atoms with Crippen molar-refractivity contribution in [2.75, 3.05) is 24.6 Å². The van der Waals surface area contributed by atoms with Crippen molar-refractivity contribution >= 4 is 11.8 Å². The molecule has 0 saturated carbocycles. The molecular weight excluding hydrogens is 154 g/mol. The molecule has 0 bridgehead atoms. The van der Waals surface area contributed by atoms with Gasteiger partial charge in [0.05, 0.1) is 0 Å². The van der Waals surface area contributed by atoms with Gasteiger partial charge in [-0.15, -0.1) is 0 Å². The lowest BCUT2D eigenvalue weighted by molar-refractivity contribution is 0.664. The molecule has 0 amide bonds. The van der Waals surface area contributed by atoms with Crippen molar-refractivity contribution in [3.63, 3.8) is 0 Å². The summed E-state index contributed by atoms with van der Waals surface area (Å²) in [6.45, 7) is 6.82. The largest absolute Gasteiger partial charge is 0.317 e. The van der Waals surface area contributed by atoms with Gasteiger partial charge in [-0.25, -0.2) is 0 Å². The highest BCUT2D eigenvalue weighted by Gasteiger charge is 1.87. The van der Waals surface area contributed by atoms with Gasteiger partial charge in [0.15, 0.2) is 0 Å². The van der Waals surface area contributed by atoms with Gasteiger partial charge in [0.1, 0.15) is 0 Å². The molecule has 0 spiro atoms. The quantitative estimate of drug-likeness (QED) is 0.569. The van der Waals surface area contributed by atoms with Gasteiger partial charge in [0.2, 0.25) is 0 Å². The molecule has 0 aliphatic heterocycles. The summed E-state index contributed by atoms with van der Waals surface area (Å²) in [6.07, 6.45) is 3.89. The maximum Gasteiger partial charge on any atom is -0.00411 e. The highest BCUT2D eigenvalue weighted by atomic mass is 32.2. The van der Waals surface area contributed by atoms with E-state index in [0.717, 1.165) is 0 Å². The summed E-state index contributed by atoms with van der Waals surface area (Å²) in [5, 5.41) is 3.40. The van der Waals surface area contributed by atoms with Gasteiger partial charge >= 0.3 is 0 Å². The van der Waals surface area contributed by atoms with E-state index in [-0.39, 0.29) is 0 Å². The van der Waals surface area contributed by atoms with Crippen molar-refractivity contribution < 1.29 is 0 Å². The third kappa shape index (κ3) is 10.3. The first kappa shape index (κ1) is 11.3. The van der Waals surface area contributed by atoms with Crippen molar-refractivity contribution in [3.05, 3.63) is 0 Å². The van der Waals surface area contributed by atoms with E-state index in [9.17, 15) is 0 Å². The molecule has 0 aliphatic rings. The molecule has 2 heteroatoms. The van der Waals surface area contributed by atoms with Crippen LogP contribution in [0, 0.1) is 0 Å². The third-order valence-electron chi connectivity index (χ3n) is 1.42. The minimum absolute atomic E-state index is 1.18. The van der Waals surface area contributed by atoms with Crippen molar-refractivity contribution in [1.29, 1.82) is 0 Å². The smallest absolute Gasteiger partial charge is 0.00411 e. The third-order valence-corrected chi connectivity index (χ3v) is 2.69. The van der Waals surface area contributed by atoms with Crippen molar-refractivity contribution in [1.82, 2.24) is 5.32 Å². The molecule has 68 valence electrons. The maximum absolute atomic E-state index is 3.40. The fraction of sp³-hybridized carbons (Fsp3) is 1.00. The Hall–Kier alpha value is 0.310. The first-order valence-electron chi connectivity index (χ1n) is 4.70. The SMILES string of the molecule is CCCNCCCSCCC. The summed E-state index contributed by atoms with van der Waals surface area (Å²) in [4.78, 5) is 0. The molecule has 0 rings (SSSR count). The second kappa shape index (κ2) is 10.3. The van der Waals surface area contributed by atoms with Crippen LogP contribution in [0.25, 0.3) is 0 Å². The Morgan fingerprint density at radius 3 is 2.45 bits per heavy atom. The number of hydrogen-bond acceptors (Lipinski definition) is 2. The Kier molecular flexibility index (Phi) is 10.6. The second-order valence-electron chi connectivity index (χ2n) is 2.72. The predicted octanol–water partition coefficient (Wildman–Crippen LogP) is 2.52. The minimum atomic E-state index is 1.18. The molecule has 11 heavy (non-hydrogen) atoms. The Balaban J connectivity index is 2.69. The molecule has 0 atom stereocenters. The molecule has 0 aromatic heterocycles. The summed E-state index contributed by atoms with van der Waals surface area (Å²) < 4.78 is 0. The predicted molar refractivity (Wildman–Crippen MR) is 55.4 cm³/mol. The monoisotopic (exact) mass is 175 g/mol. The molecule has 1 N–H and O–H groups in total. The van der Waals surface area contributed by atoms with Crippen LogP contribution in [-0.2, 0) is 0 Å². The molecular formula is C9H21NS. The van der Waals surface area contributed by atoms with Gasteiger partial charge in [-0.05, 0) is 43.9 Å². The number of rotatable bonds is 8. The van der Waals surface area contributed by atoms with Gasteiger partial charge in [-0.2, -0.15) is 11.8 Å². The molecule has 0 aliphatic carbocycles. The molecule has 0 aromatic carbocycles. The molecule has 0 saturated heterocycles. The summed E-state index contributed by atoms with van der Waals surface area (Å²) in [7, 11) is 0. The van der Waals surface area contributed by atoms with Gasteiger partial charge in [-0.3, -0.25) is 0 Å². The molecule has 0 radical (unpaired) electrons. The van der Waals surface area contributed by atoms with E-state index in [2.05, 4.69) is 30.9 Å². The van der Waals surface area contributed by atoms with Crippen LogP contribution in [-0.4, -0.2) is 24.6 Å². The minimum Gasteiger partial charge on any atom is -0.317 e. The molecule has 0 unspecified atom stereocenters. The zero-order valence-electron chi connectivity index (χ0n) is 7.86. The molecule has 0 heterocycles. The average molecular weight is 175 g/mol. The zero-order chi connectivity index (χ0) is 8.36. The lowest BCUT2D eigenvalue weighted by Gasteiger charge is -2.01. The van der Waals surface area contributed by atoms with Crippen LogP contribution in [0.1, 0.15) is 33.1 Å². The summed E-state index contributed by atoms with van der Waals surface area (Å²) in [5.74, 6) is 2.65. The topological polar surface area (TPSA) is 12.0 Å². The Labute approximate surface area is 75.3 Å². The van der Waals surface area contributed by atoms with Crippen molar-refractivity contribution in [2.45, 2.75) is 33.1 Å². The first-order valence-corrected chi connectivity index (χ1v) is 5.85. The lowest BCUT2D eigenvalue weighted by atomic mass is 10.4. The summed E-state index contributed by atoms with van der Waals surface area (Å²) >= 11 is 2.07. The molecule has 1 nitrogen and oxygen atoms in total. The van der Waals surface area contributed by atoms with Crippen LogP contribution in [0.5, 0.6) is 0 Å². The van der Waals surface area contributed by atoms with Crippen LogP contribution in [0.3, 0.4) is 0 Å². The molecule has 0 aromatic rings. The normalized spacial score (nSPS) is 10.4. The van der Waals surface area contributed by atoms with E-state index < -0.39 is 0 Å². The van der Waals surface area contributed by atoms with Gasteiger partial charge in [0, 0.05) is 0 Å². The fourth-order valence-electron chi connectivity index (χ4n) is 0.847. The summed E-state index contributed by atoms with van der Waals surface area (Å²) in [6, 6.07) is 0. The second-order valence-corrected chi connectivity index (χ2v) is 3.94. The standard InChI is InChI=1S/C9H21NS/c1-3-6-10-7-5-9-11-8-4-2/h10H,3-9H2,1-2H3. The Morgan fingerprint density at radius 2 is 1.82 bits per heavy atom. The van der Waals surface area contributed by atoms with Crippen molar-refractivity contribution in [2.24, 2.45) is 0 Å². The van der Waals surface area contributed by atoms with Crippen LogP contribution in [0.15, 0.2) is 0 Å². The van der Waals surface area contributed by atoms with Gasteiger partial charge in [-0.1, -0.05) is 13.8 Å². The van der Waals surface area contributed by atoms with Gasteiger partial charge < -0.3 is 5.32 Å². The Morgan fingerprint density at radius 1 is 1.00 bits per heavy atom.